The van der Waals surface area contributed by atoms with Crippen molar-refractivity contribution in [2.24, 2.45) is 13.0 Å². The number of nitrogens with one attached hydrogen (secondary N) is 2. The van der Waals surface area contributed by atoms with Crippen LogP contribution in [0.4, 0.5) is 4.39 Å². The van der Waals surface area contributed by atoms with Gasteiger partial charge in [-0.1, -0.05) is 19.9 Å². The number of pyridine rings is 1. The van der Waals surface area contributed by atoms with Gasteiger partial charge in [-0.25, -0.2) is 4.39 Å². The van der Waals surface area contributed by atoms with Gasteiger partial charge in [0.15, 0.2) is 0 Å². The Kier molecular flexibility index (Phi) is 9.01. The second-order valence-electron chi connectivity index (χ2n) is 10.8. The van der Waals surface area contributed by atoms with Crippen molar-refractivity contribution in [2.75, 3.05) is 26.2 Å². The van der Waals surface area contributed by atoms with Crippen molar-refractivity contribution in [1.29, 1.82) is 0 Å². The highest BCUT2D eigenvalue weighted by atomic mass is 19.1. The molecule has 2 aliphatic heterocycles. The molecule has 0 saturated carbocycles. The number of hydrogen-bond donors (Lipinski definition) is 2. The highest BCUT2D eigenvalue weighted by molar-refractivity contribution is 5.98. The van der Waals surface area contributed by atoms with Crippen LogP contribution in [0.15, 0.2) is 41.3 Å². The molecule has 2 bridgehead atoms. The maximum atomic E-state index is 14.7. The molecule has 40 heavy (non-hydrogen) atoms. The Bertz CT molecular complexity index is 1360. The largest absolute Gasteiger partial charge is 0.355 e. The number of aromatic nitrogens is 1. The summed E-state index contributed by atoms with van der Waals surface area (Å²) in [7, 11) is 1.57. The first-order chi connectivity index (χ1) is 19.0. The van der Waals surface area contributed by atoms with E-state index in [0.717, 1.165) is 5.56 Å². The number of halogens is 1. The maximum Gasteiger partial charge on any atom is 0.257 e. The van der Waals surface area contributed by atoms with Gasteiger partial charge in [-0.05, 0) is 55.4 Å². The molecule has 10 nitrogen and oxygen atoms in total. The Balaban J connectivity index is 1.66. The number of nitrogens with zero attached hydrogens (tertiary/aromatic N) is 3. The van der Waals surface area contributed by atoms with Crippen LogP contribution in [0.5, 0.6) is 0 Å². The van der Waals surface area contributed by atoms with Crippen LogP contribution in [0.3, 0.4) is 0 Å². The van der Waals surface area contributed by atoms with E-state index in [4.69, 9.17) is 0 Å². The van der Waals surface area contributed by atoms with Crippen LogP contribution in [0.1, 0.15) is 59.4 Å². The van der Waals surface area contributed by atoms with E-state index in [1.54, 1.807) is 13.1 Å². The van der Waals surface area contributed by atoms with Gasteiger partial charge < -0.3 is 25.0 Å². The summed E-state index contributed by atoms with van der Waals surface area (Å²) >= 11 is 0. The molecule has 0 spiro atoms. The number of fused-ring (bicyclic) bond motifs is 3. The summed E-state index contributed by atoms with van der Waals surface area (Å²) in [5, 5.41) is 5.79. The molecule has 1 saturated heterocycles. The number of amides is 4. The number of carbonyl (C=O) groups excluding carboxylic acids is 4. The van der Waals surface area contributed by atoms with Crippen LogP contribution in [-0.2, 0) is 23.1 Å². The summed E-state index contributed by atoms with van der Waals surface area (Å²) < 4.78 is 16.1. The van der Waals surface area contributed by atoms with Crippen LogP contribution in [0.2, 0.25) is 0 Å². The molecule has 2 aromatic rings. The average Bonchev–Trinajstić information content (AvgIpc) is 3.41. The third-order valence-electron chi connectivity index (χ3n) is 7.56. The minimum Gasteiger partial charge on any atom is -0.355 e. The topological polar surface area (TPSA) is 121 Å². The third-order valence-corrected chi connectivity index (χ3v) is 7.56. The maximum absolute atomic E-state index is 14.7. The number of aryl methyl sites for hydroxylation is 2. The van der Waals surface area contributed by atoms with E-state index in [1.165, 1.54) is 44.8 Å². The minimum atomic E-state index is -0.780. The van der Waals surface area contributed by atoms with Gasteiger partial charge in [0.05, 0.1) is 12.1 Å². The van der Waals surface area contributed by atoms with E-state index in [0.29, 0.717) is 38.8 Å². The first-order valence-corrected chi connectivity index (χ1v) is 13.7. The molecule has 1 aromatic heterocycles. The Morgan fingerprint density at radius 3 is 2.58 bits per heavy atom. The first kappa shape index (κ1) is 29.0. The molecular formula is C29H36FN5O5. The Hall–Kier alpha value is -4.02. The van der Waals surface area contributed by atoms with E-state index in [9.17, 15) is 28.4 Å². The zero-order valence-corrected chi connectivity index (χ0v) is 23.1. The van der Waals surface area contributed by atoms with Crippen molar-refractivity contribution in [3.05, 3.63) is 69.4 Å². The summed E-state index contributed by atoms with van der Waals surface area (Å²) in [6.45, 7) is 4.16. The second-order valence-corrected chi connectivity index (χ2v) is 10.8. The molecule has 1 aromatic carbocycles. The van der Waals surface area contributed by atoms with Gasteiger partial charge in [0.25, 0.3) is 17.4 Å². The summed E-state index contributed by atoms with van der Waals surface area (Å²) in [5.74, 6) is -2.58. The van der Waals surface area contributed by atoms with Crippen LogP contribution in [0.25, 0.3) is 0 Å². The summed E-state index contributed by atoms with van der Waals surface area (Å²) in [6, 6.07) is 5.79. The lowest BCUT2D eigenvalue weighted by atomic mass is 10.0. The highest BCUT2D eigenvalue weighted by Crippen LogP contribution is 2.23. The van der Waals surface area contributed by atoms with Gasteiger partial charge in [-0.2, -0.15) is 0 Å². The van der Waals surface area contributed by atoms with Crippen molar-refractivity contribution in [1.82, 2.24) is 25.0 Å². The fourth-order valence-electron chi connectivity index (χ4n) is 5.10. The van der Waals surface area contributed by atoms with Crippen molar-refractivity contribution < 1.29 is 23.6 Å². The number of rotatable bonds is 2. The zero-order valence-electron chi connectivity index (χ0n) is 23.1. The monoisotopic (exact) mass is 553 g/mol. The molecule has 0 radical (unpaired) electrons. The molecule has 4 rings (SSSR count). The van der Waals surface area contributed by atoms with Crippen LogP contribution in [-0.4, -0.2) is 76.3 Å². The molecule has 2 atom stereocenters. The quantitative estimate of drug-likeness (QED) is 0.584. The lowest BCUT2D eigenvalue weighted by Gasteiger charge is -2.32. The molecule has 4 amide bonds. The second kappa shape index (κ2) is 12.4. The molecule has 2 aliphatic rings. The molecule has 2 N–H and O–H groups in total. The Labute approximate surface area is 232 Å². The predicted octanol–water partition coefficient (Wildman–Crippen LogP) is 1.47. The first-order valence-electron chi connectivity index (χ1n) is 13.7. The molecule has 3 heterocycles. The average molecular weight is 554 g/mol. The van der Waals surface area contributed by atoms with Gasteiger partial charge in [0, 0.05) is 50.6 Å². The predicted molar refractivity (Wildman–Crippen MR) is 146 cm³/mol. The van der Waals surface area contributed by atoms with E-state index in [2.05, 4.69) is 10.6 Å². The van der Waals surface area contributed by atoms with Crippen molar-refractivity contribution in [3.63, 3.8) is 0 Å². The fraction of sp³-hybridized carbons (Fsp3) is 0.483. The van der Waals surface area contributed by atoms with E-state index >= 15 is 0 Å². The van der Waals surface area contributed by atoms with Crippen LogP contribution < -0.4 is 16.2 Å². The molecule has 214 valence electrons. The minimum absolute atomic E-state index is 0.0148. The zero-order chi connectivity index (χ0) is 29.0. The smallest absolute Gasteiger partial charge is 0.257 e. The van der Waals surface area contributed by atoms with Gasteiger partial charge in [0.1, 0.15) is 11.9 Å². The summed E-state index contributed by atoms with van der Waals surface area (Å²) in [6.07, 6.45) is 3.55. The van der Waals surface area contributed by atoms with Crippen molar-refractivity contribution in [2.45, 2.75) is 51.6 Å². The number of benzene rings is 1. The summed E-state index contributed by atoms with van der Waals surface area (Å²) in [4.78, 5) is 68.2. The lowest BCUT2D eigenvalue weighted by Crippen LogP contribution is -2.55. The van der Waals surface area contributed by atoms with E-state index < -0.39 is 35.6 Å². The standard InChI is InChI=1S/C29H36FN5O5/c1-18(2)23-16-34(28(39)20-10-13-33(3)26(37)15-20)17-25(36)31-11-4-6-19-8-9-22(30)21(14-19)29(40)35-12-5-7-24(35)27(38)32-23/h8-10,13-15,18,23-24H,4-7,11-12,16-17H2,1-3H3,(H,31,36)(H,32,38)/t23-,24-/m0/s1. The third kappa shape index (κ3) is 6.57. The normalized spacial score (nSPS) is 21.1. The Morgan fingerprint density at radius 2 is 1.85 bits per heavy atom. The number of hydrogen-bond acceptors (Lipinski definition) is 5. The van der Waals surface area contributed by atoms with Gasteiger partial charge in [-0.15, -0.1) is 0 Å². The van der Waals surface area contributed by atoms with Crippen LogP contribution >= 0.6 is 0 Å². The molecular weight excluding hydrogens is 517 g/mol. The highest BCUT2D eigenvalue weighted by Gasteiger charge is 2.37. The molecule has 1 fully saturated rings. The van der Waals surface area contributed by atoms with E-state index in [1.807, 2.05) is 13.8 Å². The lowest BCUT2D eigenvalue weighted by molar-refractivity contribution is -0.126. The van der Waals surface area contributed by atoms with Gasteiger partial charge in [-0.3, -0.25) is 24.0 Å². The van der Waals surface area contributed by atoms with Gasteiger partial charge >= 0.3 is 0 Å². The van der Waals surface area contributed by atoms with Crippen molar-refractivity contribution in [3.8, 4) is 0 Å². The van der Waals surface area contributed by atoms with Gasteiger partial charge in [0.2, 0.25) is 11.8 Å². The molecule has 0 aliphatic carbocycles. The van der Waals surface area contributed by atoms with Crippen LogP contribution in [0, 0.1) is 11.7 Å². The van der Waals surface area contributed by atoms with Crippen molar-refractivity contribution >= 4 is 23.6 Å². The Morgan fingerprint density at radius 1 is 1.07 bits per heavy atom. The molecule has 11 heteroatoms. The summed E-state index contributed by atoms with van der Waals surface area (Å²) in [5.41, 5.74) is 0.452. The number of carbonyl (C=O) groups is 4. The molecule has 0 unspecified atom stereocenters. The van der Waals surface area contributed by atoms with E-state index in [-0.39, 0.29) is 41.6 Å². The SMILES string of the molecule is CC(C)[C@@H]1CN(C(=O)c2ccn(C)c(=O)c2)CC(=O)NCCCc2ccc(F)c(c2)C(=O)N2CCC[C@H]2C(=O)N1. The fourth-order valence-corrected chi connectivity index (χ4v) is 5.10.